The normalized spacial score (nSPS) is 21.6. The van der Waals surface area contributed by atoms with E-state index in [-0.39, 0.29) is 24.2 Å². The highest BCUT2D eigenvalue weighted by Crippen LogP contribution is 2.20. The van der Waals surface area contributed by atoms with Crippen LogP contribution < -0.4 is 39.0 Å². The van der Waals surface area contributed by atoms with Gasteiger partial charge < -0.3 is 31.4 Å². The van der Waals surface area contributed by atoms with E-state index >= 15 is 0 Å². The standard InChI is InChI=1S/C17H26N8O5/c1-24(16(20)21)6-4-9(18)8-12(26)22-10-2-3-13(30-14(10)15(27)28)25-7-5-11(19)23-17(25)29/h2-3,5,7,9-10,13-14H,4,6,8,18H2,1H3,(H7,19,20,21,22,23,26,27,28,29)/p+1. The molecule has 164 valence electrons. The molecule has 0 spiro atoms. The molecule has 1 aliphatic rings. The quantitative estimate of drug-likeness (QED) is 0.116. The molecule has 0 bridgehead atoms. The molecule has 13 heteroatoms. The molecule has 1 amide bonds. The summed E-state index contributed by atoms with van der Waals surface area (Å²) in [7, 11) is 1.72. The number of carboxylic acids is 1. The number of carbonyl (C=O) groups excluding carboxylic acids is 2. The Morgan fingerprint density at radius 3 is 2.73 bits per heavy atom. The van der Waals surface area contributed by atoms with Gasteiger partial charge in [-0.2, -0.15) is 4.98 Å². The van der Waals surface area contributed by atoms with Gasteiger partial charge in [0.05, 0.1) is 38.1 Å². The van der Waals surface area contributed by atoms with Crippen LogP contribution in [-0.2, 0) is 14.3 Å². The summed E-state index contributed by atoms with van der Waals surface area (Å²) in [5, 5.41) is 14.1. The van der Waals surface area contributed by atoms with Crippen molar-refractivity contribution in [2.24, 2.45) is 11.5 Å². The number of carbonyl (C=O) groups is 2. The number of nitrogen functional groups attached to an aromatic ring is 1. The third kappa shape index (κ3) is 6.02. The molecule has 1 aliphatic heterocycles. The number of nitrogens with zero attached hydrogens (tertiary/aromatic N) is 3. The van der Waals surface area contributed by atoms with Crippen LogP contribution in [0.2, 0.25) is 0 Å². The molecule has 4 atom stereocenters. The van der Waals surface area contributed by atoms with Crippen molar-refractivity contribution in [3.8, 4) is 0 Å². The van der Waals surface area contributed by atoms with E-state index in [1.54, 1.807) is 11.6 Å². The van der Waals surface area contributed by atoms with Crippen LogP contribution in [0.4, 0.5) is 5.82 Å². The Morgan fingerprint density at radius 1 is 1.43 bits per heavy atom. The summed E-state index contributed by atoms with van der Waals surface area (Å²) < 4.78 is 8.15. The number of aromatic nitrogens is 2. The van der Waals surface area contributed by atoms with Gasteiger partial charge in [0.15, 0.2) is 6.23 Å². The predicted molar refractivity (Wildman–Crippen MR) is 103 cm³/mol. The van der Waals surface area contributed by atoms with Crippen molar-refractivity contribution in [3.63, 3.8) is 0 Å². The van der Waals surface area contributed by atoms with Gasteiger partial charge in [-0.15, -0.1) is 0 Å². The summed E-state index contributed by atoms with van der Waals surface area (Å²) in [5.74, 6) is -1.75. The number of amides is 1. The molecule has 13 nitrogen and oxygen atoms in total. The van der Waals surface area contributed by atoms with Gasteiger partial charge in [-0.25, -0.2) is 4.79 Å². The first-order valence-electron chi connectivity index (χ1n) is 9.19. The third-order valence-corrected chi connectivity index (χ3v) is 4.57. The lowest BCUT2D eigenvalue weighted by Gasteiger charge is -2.33. The minimum Gasteiger partial charge on any atom is -0.547 e. The smallest absolute Gasteiger partial charge is 0.351 e. The van der Waals surface area contributed by atoms with Crippen LogP contribution in [0.1, 0.15) is 19.1 Å². The summed E-state index contributed by atoms with van der Waals surface area (Å²) >= 11 is 0. The molecule has 10 N–H and O–H groups in total. The summed E-state index contributed by atoms with van der Waals surface area (Å²) in [6, 6.07) is 0.162. The topological polar surface area (TPSA) is 222 Å². The summed E-state index contributed by atoms with van der Waals surface area (Å²) in [6.07, 6.45) is 2.29. The van der Waals surface area contributed by atoms with E-state index in [1.807, 2.05) is 0 Å². The summed E-state index contributed by atoms with van der Waals surface area (Å²) in [5.41, 5.74) is 19.6. The van der Waals surface area contributed by atoms with Gasteiger partial charge in [-0.05, 0) is 12.1 Å². The SMILES string of the molecule is C[N+](CCC([NH3+])CC(=O)NC1C=CC(n2ccc(N)nc2=O)OC1C(=O)[O-])=C(N)N. The van der Waals surface area contributed by atoms with E-state index in [1.165, 1.54) is 24.4 Å². The van der Waals surface area contributed by atoms with Crippen LogP contribution in [0.3, 0.4) is 0 Å². The molecule has 4 unspecified atom stereocenters. The zero-order valence-corrected chi connectivity index (χ0v) is 16.6. The van der Waals surface area contributed by atoms with Crippen molar-refractivity contribution in [1.29, 1.82) is 0 Å². The van der Waals surface area contributed by atoms with Crippen molar-refractivity contribution in [1.82, 2.24) is 14.9 Å². The van der Waals surface area contributed by atoms with Gasteiger partial charge in [0.1, 0.15) is 11.9 Å². The van der Waals surface area contributed by atoms with Gasteiger partial charge in [-0.1, -0.05) is 6.08 Å². The molecule has 2 rings (SSSR count). The maximum Gasteiger partial charge on any atom is 0.351 e. The number of ether oxygens (including phenoxy) is 1. The predicted octanol–water partition coefficient (Wildman–Crippen LogP) is -5.18. The largest absolute Gasteiger partial charge is 0.547 e. The number of rotatable bonds is 8. The Balaban J connectivity index is 2.02. The highest BCUT2D eigenvalue weighted by molar-refractivity contribution is 5.79. The van der Waals surface area contributed by atoms with Crippen molar-refractivity contribution in [2.75, 3.05) is 19.3 Å². The van der Waals surface area contributed by atoms with Crippen molar-refractivity contribution in [2.45, 2.75) is 37.3 Å². The zero-order valence-electron chi connectivity index (χ0n) is 16.6. The highest BCUT2D eigenvalue weighted by atomic mass is 16.5. The maximum absolute atomic E-state index is 12.3. The lowest BCUT2D eigenvalue weighted by atomic mass is 10.1. The Hall–Kier alpha value is -3.45. The molecule has 0 saturated carbocycles. The van der Waals surface area contributed by atoms with E-state index in [0.29, 0.717) is 13.0 Å². The van der Waals surface area contributed by atoms with E-state index < -0.39 is 35.9 Å². The lowest BCUT2D eigenvalue weighted by Crippen LogP contribution is -2.63. The molecule has 1 aromatic heterocycles. The van der Waals surface area contributed by atoms with Crippen LogP contribution in [0.15, 0.2) is 29.2 Å². The summed E-state index contributed by atoms with van der Waals surface area (Å²) in [4.78, 5) is 39.4. The number of quaternary nitrogens is 1. The van der Waals surface area contributed by atoms with Crippen LogP contribution >= 0.6 is 0 Å². The number of nitrogens with two attached hydrogens (primary N) is 3. The van der Waals surface area contributed by atoms with Crippen LogP contribution in [-0.4, -0.2) is 63.7 Å². The van der Waals surface area contributed by atoms with Gasteiger partial charge >= 0.3 is 11.6 Å². The number of guanidine groups is 1. The second-order valence-electron chi connectivity index (χ2n) is 6.99. The highest BCUT2D eigenvalue weighted by Gasteiger charge is 2.31. The lowest BCUT2D eigenvalue weighted by molar-refractivity contribution is -0.512. The molecule has 0 aliphatic carbocycles. The number of carboxylic acid groups (broad SMARTS) is 1. The van der Waals surface area contributed by atoms with Crippen LogP contribution in [0, 0.1) is 0 Å². The average molecular weight is 423 g/mol. The third-order valence-electron chi connectivity index (χ3n) is 4.57. The number of hydrogen-bond acceptors (Lipinski definition) is 7. The van der Waals surface area contributed by atoms with E-state index in [2.05, 4.69) is 16.0 Å². The van der Waals surface area contributed by atoms with Crippen molar-refractivity contribution in [3.05, 3.63) is 34.9 Å². The average Bonchev–Trinajstić information content (AvgIpc) is 2.66. The van der Waals surface area contributed by atoms with Gasteiger partial charge in [0, 0.05) is 12.6 Å². The van der Waals surface area contributed by atoms with Gasteiger partial charge in [-0.3, -0.25) is 25.4 Å². The van der Waals surface area contributed by atoms with Crippen molar-refractivity contribution < 1.29 is 29.7 Å². The fourth-order valence-corrected chi connectivity index (χ4v) is 2.81. The van der Waals surface area contributed by atoms with Gasteiger partial charge in [0.2, 0.25) is 5.91 Å². The molecule has 30 heavy (non-hydrogen) atoms. The van der Waals surface area contributed by atoms with Gasteiger partial charge in [0.25, 0.3) is 0 Å². The maximum atomic E-state index is 12.3. The Labute approximate surface area is 172 Å². The van der Waals surface area contributed by atoms with E-state index in [9.17, 15) is 19.5 Å². The molecule has 0 aromatic carbocycles. The second-order valence-corrected chi connectivity index (χ2v) is 6.99. The molecular weight excluding hydrogens is 396 g/mol. The van der Waals surface area contributed by atoms with E-state index in [0.717, 1.165) is 4.57 Å². The number of aliphatic carboxylic acids is 1. The fraction of sp³-hybridized carbons (Fsp3) is 0.471. The Morgan fingerprint density at radius 2 is 2.13 bits per heavy atom. The number of hydrogen-bond donors (Lipinski definition) is 5. The number of nitrogens with one attached hydrogen (secondary N) is 1. The molecule has 0 saturated heterocycles. The molecule has 0 radical (unpaired) electrons. The van der Waals surface area contributed by atoms with E-state index in [4.69, 9.17) is 21.9 Å². The summed E-state index contributed by atoms with van der Waals surface area (Å²) in [6.45, 7) is 0.518. The first-order chi connectivity index (χ1) is 14.1. The fourth-order valence-electron chi connectivity index (χ4n) is 2.81. The molecular formula is C17H27N8O5+. The molecule has 2 heterocycles. The first-order valence-corrected chi connectivity index (χ1v) is 9.19. The Bertz CT molecular complexity index is 908. The minimum atomic E-state index is -1.53. The van der Waals surface area contributed by atoms with Crippen LogP contribution in [0.25, 0.3) is 0 Å². The Kier molecular flexibility index (Phi) is 7.49. The van der Waals surface area contributed by atoms with Crippen molar-refractivity contribution >= 4 is 23.7 Å². The second kappa shape index (κ2) is 9.84. The minimum absolute atomic E-state index is 0.0265. The first kappa shape index (κ1) is 22.8. The van der Waals surface area contributed by atoms with Crippen LogP contribution in [0.5, 0.6) is 0 Å². The monoisotopic (exact) mass is 423 g/mol. The number of anilines is 1. The zero-order chi connectivity index (χ0) is 22.4. The molecule has 1 aromatic rings. The molecule has 0 fully saturated rings.